The number of nitrogens with one attached hydrogen (secondary N) is 1. The van der Waals surface area contributed by atoms with Gasteiger partial charge in [-0.05, 0) is 32.1 Å². The minimum atomic E-state index is -0.311. The molecule has 1 aliphatic heterocycles. The average molecular weight is 305 g/mol. The molecule has 22 heavy (non-hydrogen) atoms. The summed E-state index contributed by atoms with van der Waals surface area (Å²) in [6.07, 6.45) is 7.19. The van der Waals surface area contributed by atoms with E-state index < -0.39 is 0 Å². The van der Waals surface area contributed by atoms with Crippen LogP contribution in [-0.2, 0) is 16.1 Å². The van der Waals surface area contributed by atoms with Crippen molar-refractivity contribution in [2.75, 3.05) is 26.3 Å². The van der Waals surface area contributed by atoms with Crippen molar-refractivity contribution in [3.63, 3.8) is 0 Å². The number of aromatic nitrogens is 3. The van der Waals surface area contributed by atoms with E-state index in [9.17, 15) is 4.79 Å². The first-order valence-electron chi connectivity index (χ1n) is 8.29. The summed E-state index contributed by atoms with van der Waals surface area (Å²) in [7, 11) is 0. The van der Waals surface area contributed by atoms with Crippen LogP contribution >= 0.6 is 0 Å². The smallest absolute Gasteiger partial charge is 0.240 e. The molecule has 2 aliphatic carbocycles. The van der Waals surface area contributed by atoms with E-state index in [1.807, 2.05) is 0 Å². The Hall–Kier alpha value is -1.47. The molecule has 0 radical (unpaired) electrons. The molecular formula is C15H23N5O2. The summed E-state index contributed by atoms with van der Waals surface area (Å²) >= 11 is 0. The van der Waals surface area contributed by atoms with Gasteiger partial charge < -0.3 is 14.6 Å². The van der Waals surface area contributed by atoms with Crippen LogP contribution in [-0.4, -0.2) is 57.4 Å². The number of carbonyl (C=O) groups is 1. The first-order chi connectivity index (χ1) is 10.8. The standard InChI is InChI=1S/C15H23N5O2/c21-14(15(4-1-5-15)19-6-8-22-9-7-19)16-10-13-18-17-11-20(13)12-2-3-12/h11-12H,1-10H2,(H,16,21). The van der Waals surface area contributed by atoms with Gasteiger partial charge in [-0.15, -0.1) is 10.2 Å². The normalized spacial score (nSPS) is 24.7. The van der Waals surface area contributed by atoms with E-state index in [1.165, 1.54) is 12.8 Å². The topological polar surface area (TPSA) is 72.3 Å². The van der Waals surface area contributed by atoms with Crippen molar-refractivity contribution < 1.29 is 9.53 Å². The molecule has 3 fully saturated rings. The Morgan fingerprint density at radius 1 is 1.36 bits per heavy atom. The fourth-order valence-electron chi connectivity index (χ4n) is 3.56. The number of amides is 1. The van der Waals surface area contributed by atoms with Gasteiger partial charge in [0.25, 0.3) is 0 Å². The molecule has 1 aromatic rings. The molecule has 1 N–H and O–H groups in total. The van der Waals surface area contributed by atoms with Crippen LogP contribution in [0.3, 0.4) is 0 Å². The third-order valence-corrected chi connectivity index (χ3v) is 5.21. The molecule has 4 rings (SSSR count). The summed E-state index contributed by atoms with van der Waals surface area (Å²) in [5.74, 6) is 1.01. The van der Waals surface area contributed by atoms with E-state index in [-0.39, 0.29) is 11.4 Å². The highest BCUT2D eigenvalue weighted by Gasteiger charge is 2.49. The lowest BCUT2D eigenvalue weighted by molar-refractivity contribution is -0.144. The highest BCUT2D eigenvalue weighted by molar-refractivity contribution is 5.87. The molecule has 1 saturated heterocycles. The third-order valence-electron chi connectivity index (χ3n) is 5.21. The van der Waals surface area contributed by atoms with Gasteiger partial charge in [-0.25, -0.2) is 0 Å². The minimum Gasteiger partial charge on any atom is -0.379 e. The summed E-state index contributed by atoms with van der Waals surface area (Å²) in [6, 6.07) is 0.541. The van der Waals surface area contributed by atoms with Gasteiger partial charge in [-0.1, -0.05) is 0 Å². The van der Waals surface area contributed by atoms with E-state index in [0.29, 0.717) is 12.6 Å². The molecule has 7 heteroatoms. The van der Waals surface area contributed by atoms with Gasteiger partial charge in [0.15, 0.2) is 5.82 Å². The Balaban J connectivity index is 1.40. The second-order valence-electron chi connectivity index (χ2n) is 6.55. The highest BCUT2D eigenvalue weighted by Crippen LogP contribution is 2.38. The third kappa shape index (κ3) is 2.42. The molecule has 1 aromatic heterocycles. The van der Waals surface area contributed by atoms with Gasteiger partial charge in [0.05, 0.1) is 19.8 Å². The summed E-state index contributed by atoms with van der Waals surface area (Å²) in [5, 5.41) is 11.2. The van der Waals surface area contributed by atoms with E-state index in [4.69, 9.17) is 4.74 Å². The van der Waals surface area contributed by atoms with Crippen LogP contribution in [0.15, 0.2) is 6.33 Å². The van der Waals surface area contributed by atoms with Crippen molar-refractivity contribution in [1.29, 1.82) is 0 Å². The number of carbonyl (C=O) groups excluding carboxylic acids is 1. The van der Waals surface area contributed by atoms with E-state index >= 15 is 0 Å². The maximum atomic E-state index is 12.8. The summed E-state index contributed by atoms with van der Waals surface area (Å²) in [5.41, 5.74) is -0.311. The fraction of sp³-hybridized carbons (Fsp3) is 0.800. The summed E-state index contributed by atoms with van der Waals surface area (Å²) in [4.78, 5) is 15.1. The van der Waals surface area contributed by atoms with Gasteiger partial charge in [0.1, 0.15) is 11.9 Å². The Morgan fingerprint density at radius 2 is 2.14 bits per heavy atom. The minimum absolute atomic E-state index is 0.144. The maximum Gasteiger partial charge on any atom is 0.240 e. The average Bonchev–Trinajstić information content (AvgIpc) is 3.24. The van der Waals surface area contributed by atoms with Crippen LogP contribution in [0.4, 0.5) is 0 Å². The predicted octanol–water partition coefficient (Wildman–Crippen LogP) is 0.484. The summed E-state index contributed by atoms with van der Waals surface area (Å²) in [6.45, 7) is 3.63. The van der Waals surface area contributed by atoms with Gasteiger partial charge in [-0.2, -0.15) is 0 Å². The van der Waals surface area contributed by atoms with Crippen molar-refractivity contribution in [2.24, 2.45) is 0 Å². The number of ether oxygens (including phenoxy) is 1. The molecule has 0 unspecified atom stereocenters. The summed E-state index contributed by atoms with van der Waals surface area (Å²) < 4.78 is 7.52. The predicted molar refractivity (Wildman–Crippen MR) is 79.1 cm³/mol. The zero-order valence-corrected chi connectivity index (χ0v) is 12.8. The van der Waals surface area contributed by atoms with Gasteiger partial charge in [0.2, 0.25) is 5.91 Å². The molecule has 0 aromatic carbocycles. The van der Waals surface area contributed by atoms with Crippen molar-refractivity contribution in [3.05, 3.63) is 12.2 Å². The maximum absolute atomic E-state index is 12.8. The van der Waals surface area contributed by atoms with Crippen molar-refractivity contribution in [3.8, 4) is 0 Å². The molecule has 0 atom stereocenters. The van der Waals surface area contributed by atoms with Crippen molar-refractivity contribution in [2.45, 2.75) is 50.2 Å². The monoisotopic (exact) mass is 305 g/mol. The second kappa shape index (κ2) is 5.62. The Labute approximate surface area is 130 Å². The molecule has 3 aliphatic rings. The number of hydrogen-bond donors (Lipinski definition) is 1. The number of rotatable bonds is 5. The SMILES string of the molecule is O=C(NCc1nncn1C1CC1)C1(N2CCOCC2)CCC1. The first kappa shape index (κ1) is 14.1. The lowest BCUT2D eigenvalue weighted by atomic mass is 9.74. The lowest BCUT2D eigenvalue weighted by Crippen LogP contribution is -2.65. The van der Waals surface area contributed by atoms with Crippen LogP contribution in [0.1, 0.15) is 44.0 Å². The molecule has 2 heterocycles. The molecule has 2 saturated carbocycles. The zero-order valence-electron chi connectivity index (χ0n) is 12.8. The van der Waals surface area contributed by atoms with Gasteiger partial charge >= 0.3 is 0 Å². The molecule has 7 nitrogen and oxygen atoms in total. The fourth-order valence-corrected chi connectivity index (χ4v) is 3.56. The molecule has 0 bridgehead atoms. The van der Waals surface area contributed by atoms with Gasteiger partial charge in [-0.3, -0.25) is 9.69 Å². The number of nitrogens with zero attached hydrogens (tertiary/aromatic N) is 4. The highest BCUT2D eigenvalue weighted by atomic mass is 16.5. The van der Waals surface area contributed by atoms with Crippen molar-refractivity contribution in [1.82, 2.24) is 25.0 Å². The molecular weight excluding hydrogens is 282 g/mol. The second-order valence-corrected chi connectivity index (χ2v) is 6.55. The quantitative estimate of drug-likeness (QED) is 0.857. The van der Waals surface area contributed by atoms with Gasteiger partial charge in [0, 0.05) is 19.1 Å². The largest absolute Gasteiger partial charge is 0.379 e. The number of morpholine rings is 1. The lowest BCUT2D eigenvalue weighted by Gasteiger charge is -2.49. The van der Waals surface area contributed by atoms with E-state index in [2.05, 4.69) is 25.0 Å². The Bertz CT molecular complexity index is 544. The number of hydrogen-bond acceptors (Lipinski definition) is 5. The van der Waals surface area contributed by atoms with Crippen LogP contribution < -0.4 is 5.32 Å². The Morgan fingerprint density at radius 3 is 2.77 bits per heavy atom. The zero-order chi connectivity index (χ0) is 15.0. The van der Waals surface area contributed by atoms with Crippen LogP contribution in [0.5, 0.6) is 0 Å². The van der Waals surface area contributed by atoms with E-state index in [1.54, 1.807) is 6.33 Å². The van der Waals surface area contributed by atoms with Crippen molar-refractivity contribution >= 4 is 5.91 Å². The van der Waals surface area contributed by atoms with Crippen LogP contribution in [0.2, 0.25) is 0 Å². The van der Waals surface area contributed by atoms with Crippen LogP contribution in [0.25, 0.3) is 0 Å². The molecule has 0 spiro atoms. The first-order valence-corrected chi connectivity index (χ1v) is 8.29. The van der Waals surface area contributed by atoms with Crippen LogP contribution in [0, 0.1) is 0 Å². The Kier molecular flexibility index (Phi) is 3.62. The molecule has 120 valence electrons. The van der Waals surface area contributed by atoms with E-state index in [0.717, 1.165) is 51.4 Å². The molecule has 1 amide bonds.